The Morgan fingerprint density at radius 2 is 1.81 bits per heavy atom. The van der Waals surface area contributed by atoms with Crippen LogP contribution in [0.5, 0.6) is 0 Å². The maximum atomic E-state index is 14.6. The minimum Gasteiger partial charge on any atom is -0.380 e. The molecular weight excluding hydrogens is 550 g/mol. The van der Waals surface area contributed by atoms with E-state index in [1.807, 2.05) is 0 Å². The molecule has 2 heterocycles. The average Bonchev–Trinajstić information content (AvgIpc) is 3.35. The number of ether oxygens (including phenoxy) is 1. The molecule has 11 heteroatoms. The molecule has 5 rings (SSSR count). The van der Waals surface area contributed by atoms with E-state index in [0.29, 0.717) is 29.0 Å². The number of halogens is 2. The van der Waals surface area contributed by atoms with E-state index in [9.17, 15) is 8.78 Å². The molecule has 0 saturated heterocycles. The van der Waals surface area contributed by atoms with E-state index in [0.717, 1.165) is 83.7 Å². The van der Waals surface area contributed by atoms with E-state index < -0.39 is 11.6 Å². The summed E-state index contributed by atoms with van der Waals surface area (Å²) in [7, 11) is 2.16. The van der Waals surface area contributed by atoms with Gasteiger partial charge in [-0.15, -0.1) is 0 Å². The third-order valence-electron chi connectivity index (χ3n) is 9.01. The van der Waals surface area contributed by atoms with Crippen LogP contribution in [-0.4, -0.2) is 69.9 Å². The summed E-state index contributed by atoms with van der Waals surface area (Å²) in [6.45, 7) is 5.83. The quantitative estimate of drug-likeness (QED) is 0.183. The molecule has 2 aromatic heterocycles. The number of hydrogen-bond donors (Lipinski definition) is 3. The molecule has 3 aromatic rings. The zero-order valence-electron chi connectivity index (χ0n) is 25.7. The van der Waals surface area contributed by atoms with Gasteiger partial charge in [0, 0.05) is 37.3 Å². The summed E-state index contributed by atoms with van der Waals surface area (Å²) in [6, 6.07) is 4.20. The van der Waals surface area contributed by atoms with Crippen molar-refractivity contribution in [1.82, 2.24) is 24.4 Å². The number of likely N-dealkylation sites (N-methyl/N-ethyl adjacent to an activating group) is 1. The van der Waals surface area contributed by atoms with Crippen LogP contribution in [0.25, 0.3) is 11.2 Å². The molecule has 9 nitrogen and oxygen atoms in total. The first-order valence-electron chi connectivity index (χ1n) is 16.1. The van der Waals surface area contributed by atoms with E-state index >= 15 is 0 Å². The minimum absolute atomic E-state index is 0.132. The second-order valence-corrected chi connectivity index (χ2v) is 12.5. The number of imidazole rings is 1. The highest BCUT2D eigenvalue weighted by molar-refractivity contribution is 5.76. The lowest BCUT2D eigenvalue weighted by atomic mass is 9.86. The Labute approximate surface area is 254 Å². The molecule has 0 amide bonds. The molecule has 43 heavy (non-hydrogen) atoms. The Bertz CT molecular complexity index is 1300. The zero-order valence-corrected chi connectivity index (χ0v) is 25.7. The van der Waals surface area contributed by atoms with Crippen molar-refractivity contribution >= 4 is 28.7 Å². The molecular formula is C32H48F2N8O. The predicted molar refractivity (Wildman–Crippen MR) is 168 cm³/mol. The Balaban J connectivity index is 1.27. The van der Waals surface area contributed by atoms with Crippen molar-refractivity contribution < 1.29 is 13.5 Å². The molecule has 0 spiro atoms. The van der Waals surface area contributed by atoms with Gasteiger partial charge in [-0.1, -0.05) is 19.8 Å². The van der Waals surface area contributed by atoms with Gasteiger partial charge >= 0.3 is 0 Å². The molecule has 0 bridgehead atoms. The first kappa shape index (κ1) is 31.5. The predicted octanol–water partition coefficient (Wildman–Crippen LogP) is 6.40. The van der Waals surface area contributed by atoms with E-state index in [1.165, 1.54) is 31.4 Å². The lowest BCUT2D eigenvalue weighted by Crippen LogP contribution is -2.33. The molecule has 2 saturated carbocycles. The smallest absolute Gasteiger partial charge is 0.224 e. The van der Waals surface area contributed by atoms with Gasteiger partial charge in [0.1, 0.15) is 17.2 Å². The van der Waals surface area contributed by atoms with Crippen LogP contribution in [0.15, 0.2) is 24.4 Å². The van der Waals surface area contributed by atoms with Gasteiger partial charge in [0.15, 0.2) is 5.65 Å². The summed E-state index contributed by atoms with van der Waals surface area (Å²) in [5, 5.41) is 6.62. The number of nitrogens with one attached hydrogen (secondary N) is 2. The molecule has 1 aromatic carbocycles. The standard InChI is InChI=1S/C32H48F2N8O/c1-3-4-5-16-41(2)17-18-43-21-22-6-13-26(14-7-22)42-30-29(39-32(42)38-28-15-8-23(33)19-27(28)34)20-36-31(40-30)37-25-11-9-24(35)10-12-25/h8,15,19-20,22,24-26H,3-7,9-14,16-18,21,35H2,1-2H3,(H,38,39)(H,36,37,40). The lowest BCUT2D eigenvalue weighted by molar-refractivity contribution is 0.0662. The van der Waals surface area contributed by atoms with E-state index in [1.54, 1.807) is 6.20 Å². The highest BCUT2D eigenvalue weighted by atomic mass is 19.1. The minimum atomic E-state index is -0.667. The van der Waals surface area contributed by atoms with Crippen LogP contribution >= 0.6 is 0 Å². The molecule has 2 fully saturated rings. The van der Waals surface area contributed by atoms with Crippen LogP contribution in [0.4, 0.5) is 26.4 Å². The highest BCUT2D eigenvalue weighted by Gasteiger charge is 2.28. The normalized spacial score (nSPS) is 22.7. The monoisotopic (exact) mass is 598 g/mol. The third-order valence-corrected chi connectivity index (χ3v) is 9.01. The number of anilines is 3. The van der Waals surface area contributed by atoms with Gasteiger partial charge < -0.3 is 26.0 Å². The maximum Gasteiger partial charge on any atom is 0.224 e. The molecule has 0 radical (unpaired) electrons. The van der Waals surface area contributed by atoms with Gasteiger partial charge in [0.2, 0.25) is 11.9 Å². The van der Waals surface area contributed by atoms with Crippen molar-refractivity contribution in [3.8, 4) is 0 Å². The number of unbranched alkanes of at least 4 members (excludes halogenated alkanes) is 2. The molecule has 2 aliphatic carbocycles. The third kappa shape index (κ3) is 8.61. The summed E-state index contributed by atoms with van der Waals surface area (Å²) in [5.74, 6) is 0.272. The van der Waals surface area contributed by atoms with Crippen molar-refractivity contribution in [2.45, 2.75) is 95.7 Å². The SMILES string of the molecule is CCCCCN(C)CCOCC1CCC(n2c(Nc3ccc(F)cc3F)nc3cnc(NC4CCC(N)CC4)nc32)CC1. The number of nitrogens with two attached hydrogens (primary N) is 1. The highest BCUT2D eigenvalue weighted by Crippen LogP contribution is 2.37. The largest absolute Gasteiger partial charge is 0.380 e. The van der Waals surface area contributed by atoms with Crippen LogP contribution in [0.1, 0.15) is 83.6 Å². The van der Waals surface area contributed by atoms with E-state index in [2.05, 4.69) is 39.1 Å². The molecule has 236 valence electrons. The molecule has 0 atom stereocenters. The summed E-state index contributed by atoms with van der Waals surface area (Å²) in [5.41, 5.74) is 7.61. The molecule has 0 unspecified atom stereocenters. The van der Waals surface area contributed by atoms with Crippen molar-refractivity contribution in [2.24, 2.45) is 11.7 Å². The summed E-state index contributed by atoms with van der Waals surface area (Å²) in [4.78, 5) is 16.6. The van der Waals surface area contributed by atoms with E-state index in [-0.39, 0.29) is 23.8 Å². The van der Waals surface area contributed by atoms with Gasteiger partial charge in [-0.25, -0.2) is 18.7 Å². The number of aromatic nitrogens is 4. The Kier molecular flexibility index (Phi) is 11.2. The Hall–Kier alpha value is -2.89. The van der Waals surface area contributed by atoms with Crippen molar-refractivity contribution in [1.29, 1.82) is 0 Å². The summed E-state index contributed by atoms with van der Waals surface area (Å²) < 4.78 is 36.4. The van der Waals surface area contributed by atoms with Gasteiger partial charge in [-0.05, 0) is 89.4 Å². The van der Waals surface area contributed by atoms with Crippen molar-refractivity contribution in [3.05, 3.63) is 36.0 Å². The van der Waals surface area contributed by atoms with Crippen molar-refractivity contribution in [2.75, 3.05) is 44.0 Å². The first-order chi connectivity index (χ1) is 20.9. The van der Waals surface area contributed by atoms with Gasteiger partial charge in [0.05, 0.1) is 18.5 Å². The van der Waals surface area contributed by atoms with E-state index in [4.69, 9.17) is 20.4 Å². The van der Waals surface area contributed by atoms with Gasteiger partial charge in [-0.3, -0.25) is 4.57 Å². The summed E-state index contributed by atoms with van der Waals surface area (Å²) in [6.07, 6.45) is 13.3. The lowest BCUT2D eigenvalue weighted by Gasteiger charge is -2.30. The average molecular weight is 599 g/mol. The first-order valence-corrected chi connectivity index (χ1v) is 16.1. The van der Waals surface area contributed by atoms with Crippen LogP contribution in [-0.2, 0) is 4.74 Å². The second kappa shape index (κ2) is 15.2. The maximum absolute atomic E-state index is 14.6. The molecule has 0 aliphatic heterocycles. The topological polar surface area (TPSA) is 106 Å². The van der Waals surface area contributed by atoms with Crippen molar-refractivity contribution in [3.63, 3.8) is 0 Å². The summed E-state index contributed by atoms with van der Waals surface area (Å²) >= 11 is 0. The number of hydrogen-bond acceptors (Lipinski definition) is 8. The Morgan fingerprint density at radius 1 is 1.02 bits per heavy atom. The fraction of sp³-hybridized carbons (Fsp3) is 0.656. The fourth-order valence-corrected chi connectivity index (χ4v) is 6.34. The van der Waals surface area contributed by atoms with Crippen LogP contribution < -0.4 is 16.4 Å². The van der Waals surface area contributed by atoms with Crippen LogP contribution in [0.3, 0.4) is 0 Å². The Morgan fingerprint density at radius 3 is 2.56 bits per heavy atom. The van der Waals surface area contributed by atoms with Gasteiger partial charge in [-0.2, -0.15) is 4.98 Å². The van der Waals surface area contributed by atoms with Crippen LogP contribution in [0.2, 0.25) is 0 Å². The number of benzene rings is 1. The number of rotatable bonds is 14. The second-order valence-electron chi connectivity index (χ2n) is 12.5. The number of nitrogens with zero attached hydrogens (tertiary/aromatic N) is 5. The fourth-order valence-electron chi connectivity index (χ4n) is 6.34. The zero-order chi connectivity index (χ0) is 30.2. The molecule has 4 N–H and O–H groups in total. The van der Waals surface area contributed by atoms with Gasteiger partial charge in [0.25, 0.3) is 0 Å². The molecule has 2 aliphatic rings. The van der Waals surface area contributed by atoms with Crippen LogP contribution in [0, 0.1) is 17.6 Å². The number of fused-ring (bicyclic) bond motifs is 1.